The maximum absolute atomic E-state index is 13.5. The second-order valence-corrected chi connectivity index (χ2v) is 10.5. The van der Waals surface area contributed by atoms with Gasteiger partial charge in [0.05, 0.1) is 24.3 Å². The second-order valence-electron chi connectivity index (χ2n) is 10.5. The summed E-state index contributed by atoms with van der Waals surface area (Å²) < 4.78 is 51.4. The lowest BCUT2D eigenvalue weighted by Gasteiger charge is -2.37. The number of halogens is 3. The fourth-order valence-electron chi connectivity index (χ4n) is 4.67. The van der Waals surface area contributed by atoms with Gasteiger partial charge in [-0.3, -0.25) is 0 Å². The number of rotatable bonds is 7. The Morgan fingerprint density at radius 3 is 2.41 bits per heavy atom. The van der Waals surface area contributed by atoms with E-state index in [-0.39, 0.29) is 29.1 Å². The zero-order valence-corrected chi connectivity index (χ0v) is 22.7. The van der Waals surface area contributed by atoms with E-state index in [1.54, 1.807) is 18.1 Å². The molecule has 0 radical (unpaired) electrons. The smallest absolute Gasteiger partial charge is 0.417 e. The van der Waals surface area contributed by atoms with Crippen molar-refractivity contribution in [3.63, 3.8) is 0 Å². The Kier molecular flexibility index (Phi) is 10.4. The Labute approximate surface area is 227 Å². The van der Waals surface area contributed by atoms with Gasteiger partial charge in [-0.1, -0.05) is 18.7 Å². The summed E-state index contributed by atoms with van der Waals surface area (Å²) in [6.07, 6.45) is -3.04. The number of amides is 1. The third-order valence-electron chi connectivity index (χ3n) is 6.55. The zero-order valence-electron chi connectivity index (χ0n) is 22.7. The van der Waals surface area contributed by atoms with Crippen molar-refractivity contribution in [2.45, 2.75) is 51.8 Å². The van der Waals surface area contributed by atoms with Gasteiger partial charge in [0, 0.05) is 30.4 Å². The molecular formula is C29H36F3N3O4. The number of ether oxygens (including phenoxy) is 2. The van der Waals surface area contributed by atoms with Crippen molar-refractivity contribution in [1.29, 1.82) is 5.26 Å². The van der Waals surface area contributed by atoms with E-state index in [4.69, 9.17) is 14.7 Å². The minimum Gasteiger partial charge on any atom is -0.497 e. The summed E-state index contributed by atoms with van der Waals surface area (Å²) in [6, 6.07) is 12.8. The van der Waals surface area contributed by atoms with Crippen LogP contribution in [0.4, 0.5) is 23.7 Å². The number of nitrogens with zero attached hydrogens (tertiary/aromatic N) is 2. The summed E-state index contributed by atoms with van der Waals surface area (Å²) in [4.78, 5) is 14.2. The summed E-state index contributed by atoms with van der Waals surface area (Å²) in [7, 11) is 1.59. The molecule has 1 unspecified atom stereocenters. The predicted octanol–water partition coefficient (Wildman–Crippen LogP) is 6.19. The van der Waals surface area contributed by atoms with E-state index in [1.165, 1.54) is 6.07 Å². The van der Waals surface area contributed by atoms with Crippen LogP contribution in [0.1, 0.15) is 50.3 Å². The van der Waals surface area contributed by atoms with E-state index < -0.39 is 22.9 Å². The van der Waals surface area contributed by atoms with Gasteiger partial charge in [0.1, 0.15) is 11.4 Å². The van der Waals surface area contributed by atoms with Crippen LogP contribution < -0.4 is 10.1 Å². The first-order valence-electron chi connectivity index (χ1n) is 12.5. The van der Waals surface area contributed by atoms with Crippen LogP contribution in [0.2, 0.25) is 0 Å². The van der Waals surface area contributed by atoms with E-state index in [2.05, 4.69) is 11.9 Å². The van der Waals surface area contributed by atoms with Crippen molar-refractivity contribution in [3.8, 4) is 11.8 Å². The van der Waals surface area contributed by atoms with E-state index in [9.17, 15) is 18.0 Å². The fraction of sp³-hybridized carbons (Fsp3) is 0.448. The van der Waals surface area contributed by atoms with Crippen molar-refractivity contribution in [2.24, 2.45) is 11.8 Å². The quantitative estimate of drug-likeness (QED) is 0.445. The number of carbonyl (C=O) groups is 1. The van der Waals surface area contributed by atoms with Crippen molar-refractivity contribution >= 4 is 11.8 Å². The molecule has 1 amide bonds. The predicted molar refractivity (Wildman–Crippen MR) is 143 cm³/mol. The number of likely N-dealkylation sites (tertiary alicyclic amines) is 1. The number of methoxy groups -OCH3 is 1. The van der Waals surface area contributed by atoms with Crippen molar-refractivity contribution < 1.29 is 32.9 Å². The number of hydrogen-bond acceptors (Lipinski definition) is 5. The Morgan fingerprint density at radius 2 is 1.85 bits per heavy atom. The van der Waals surface area contributed by atoms with Gasteiger partial charge in [0.2, 0.25) is 0 Å². The van der Waals surface area contributed by atoms with Crippen LogP contribution in [0.3, 0.4) is 0 Å². The highest BCUT2D eigenvalue weighted by Crippen LogP contribution is 2.36. The lowest BCUT2D eigenvalue weighted by Crippen LogP contribution is -2.43. The zero-order chi connectivity index (χ0) is 28.1. The molecule has 1 fully saturated rings. The molecule has 1 atom stereocenters. The van der Waals surface area contributed by atoms with Gasteiger partial charge in [-0.15, -0.1) is 0 Å². The van der Waals surface area contributed by atoms with Gasteiger partial charge >= 0.3 is 12.3 Å². The third-order valence-corrected chi connectivity index (χ3v) is 6.55. The SMILES string of the molecule is C=C(Nc1ccc(C#N)c(C(F)(F)F)c1)C(Cc1cccc(OC)c1)C1CCN(C(=O)OC(C)(C)C)CC1.O. The van der Waals surface area contributed by atoms with E-state index in [0.29, 0.717) is 43.8 Å². The highest BCUT2D eigenvalue weighted by molar-refractivity contribution is 5.68. The van der Waals surface area contributed by atoms with Crippen LogP contribution in [-0.2, 0) is 17.3 Å². The molecule has 10 heteroatoms. The Morgan fingerprint density at radius 1 is 1.18 bits per heavy atom. The largest absolute Gasteiger partial charge is 0.497 e. The molecule has 1 heterocycles. The third kappa shape index (κ3) is 8.65. The van der Waals surface area contributed by atoms with Crippen LogP contribution >= 0.6 is 0 Å². The molecule has 1 saturated heterocycles. The molecule has 0 saturated carbocycles. The summed E-state index contributed by atoms with van der Waals surface area (Å²) in [5.41, 5.74) is -0.228. The van der Waals surface area contributed by atoms with Crippen LogP contribution in [0.5, 0.6) is 5.75 Å². The average molecular weight is 548 g/mol. The fourth-order valence-corrected chi connectivity index (χ4v) is 4.67. The van der Waals surface area contributed by atoms with Gasteiger partial charge in [-0.25, -0.2) is 4.79 Å². The molecule has 1 aliphatic rings. The van der Waals surface area contributed by atoms with Crippen LogP contribution in [-0.4, -0.2) is 42.3 Å². The summed E-state index contributed by atoms with van der Waals surface area (Å²) in [6.45, 7) is 10.7. The molecule has 3 N–H and O–H groups in total. The topological polar surface area (TPSA) is 106 Å². The van der Waals surface area contributed by atoms with Crippen LogP contribution in [0, 0.1) is 23.2 Å². The first-order chi connectivity index (χ1) is 17.8. The maximum Gasteiger partial charge on any atom is 0.417 e. The number of hydrogen-bond donors (Lipinski definition) is 1. The van der Waals surface area contributed by atoms with Gasteiger partial charge in [0.25, 0.3) is 0 Å². The number of benzene rings is 2. The number of nitriles is 1. The standard InChI is InChI=1S/C29H34F3N3O3.H2O/c1-19(34-23-10-9-22(18-33)26(17-23)29(30,31)32)25(16-20-7-6-8-24(15-20)37-5)21-11-13-35(14-12-21)27(36)38-28(2,3)4;/h6-10,15,17,21,25,34H,1,11-14,16H2,2-5H3;1H2. The van der Waals surface area contributed by atoms with Crippen LogP contribution in [0.25, 0.3) is 0 Å². The van der Waals surface area contributed by atoms with Gasteiger partial charge in [0.15, 0.2) is 0 Å². The second kappa shape index (κ2) is 12.9. The van der Waals surface area contributed by atoms with Gasteiger partial charge < -0.3 is 25.2 Å². The molecule has 0 aliphatic carbocycles. The number of anilines is 1. The summed E-state index contributed by atoms with van der Waals surface area (Å²) in [5, 5.41) is 12.2. The van der Waals surface area contributed by atoms with E-state index in [0.717, 1.165) is 17.7 Å². The maximum atomic E-state index is 13.5. The monoisotopic (exact) mass is 547 g/mol. The van der Waals surface area contributed by atoms with Gasteiger partial charge in [-0.05, 0) is 81.8 Å². The molecule has 7 nitrogen and oxygen atoms in total. The van der Waals surface area contributed by atoms with E-state index in [1.807, 2.05) is 45.0 Å². The molecule has 0 aromatic heterocycles. The highest BCUT2D eigenvalue weighted by atomic mass is 19.4. The Bertz CT molecular complexity index is 1190. The molecule has 3 rings (SSSR count). The Hall–Kier alpha value is -3.71. The first-order valence-corrected chi connectivity index (χ1v) is 12.5. The lowest BCUT2D eigenvalue weighted by molar-refractivity contribution is -0.137. The van der Waals surface area contributed by atoms with Gasteiger partial charge in [-0.2, -0.15) is 18.4 Å². The number of carbonyl (C=O) groups excluding carboxylic acids is 1. The van der Waals surface area contributed by atoms with E-state index >= 15 is 0 Å². The number of piperidine rings is 1. The molecule has 1 aliphatic heterocycles. The number of nitrogens with one attached hydrogen (secondary N) is 1. The molecule has 0 bridgehead atoms. The first kappa shape index (κ1) is 31.5. The minimum absolute atomic E-state index is 0. The number of alkyl halides is 3. The van der Waals surface area contributed by atoms with Crippen LogP contribution in [0.15, 0.2) is 54.7 Å². The van der Waals surface area contributed by atoms with Crippen molar-refractivity contribution in [3.05, 3.63) is 71.4 Å². The average Bonchev–Trinajstić information content (AvgIpc) is 2.86. The summed E-state index contributed by atoms with van der Waals surface area (Å²) in [5.74, 6) is 0.703. The highest BCUT2D eigenvalue weighted by Gasteiger charge is 2.35. The minimum atomic E-state index is -4.65. The molecule has 2 aromatic rings. The molecule has 2 aromatic carbocycles. The molecule has 212 valence electrons. The van der Waals surface area contributed by atoms with Crippen molar-refractivity contribution in [2.75, 3.05) is 25.5 Å². The summed E-state index contributed by atoms with van der Waals surface area (Å²) >= 11 is 0. The Balaban J connectivity index is 0.00000533. The molecular weight excluding hydrogens is 511 g/mol. The normalized spacial score (nSPS) is 15.0. The van der Waals surface area contributed by atoms with Crippen molar-refractivity contribution in [1.82, 2.24) is 4.90 Å². The lowest BCUT2D eigenvalue weighted by atomic mass is 9.79. The molecule has 0 spiro atoms. The number of allylic oxidation sites excluding steroid dienone is 1. The molecule has 39 heavy (non-hydrogen) atoms.